The van der Waals surface area contributed by atoms with Crippen molar-refractivity contribution in [3.05, 3.63) is 82.7 Å². The van der Waals surface area contributed by atoms with Gasteiger partial charge in [0.05, 0.1) is 28.1 Å². The number of hydrogen-bond donors (Lipinski definition) is 0. The van der Waals surface area contributed by atoms with E-state index in [0.717, 1.165) is 17.3 Å². The Morgan fingerprint density at radius 3 is 2.44 bits per heavy atom. The number of non-ortho nitro benzene ring substituents is 1. The Morgan fingerprint density at radius 1 is 1.03 bits per heavy atom. The molecule has 1 fully saturated rings. The summed E-state index contributed by atoms with van der Waals surface area (Å²) in [6.45, 7) is 0.750. The number of aromatic nitrogens is 2. The maximum atomic E-state index is 12.9. The molecular formula is C21H21N5O5S. The van der Waals surface area contributed by atoms with Gasteiger partial charge in [0, 0.05) is 44.5 Å². The second kappa shape index (κ2) is 8.89. The Kier molecular flexibility index (Phi) is 6.01. The molecule has 166 valence electrons. The monoisotopic (exact) mass is 455 g/mol. The number of nitro groups is 1. The van der Waals surface area contributed by atoms with Crippen LogP contribution in [0.5, 0.6) is 0 Å². The molecule has 0 N–H and O–H groups in total. The van der Waals surface area contributed by atoms with Crippen LogP contribution in [0.2, 0.25) is 0 Å². The lowest BCUT2D eigenvalue weighted by molar-refractivity contribution is -0.385. The summed E-state index contributed by atoms with van der Waals surface area (Å²) >= 11 is 0. The van der Waals surface area contributed by atoms with Crippen LogP contribution in [-0.4, -0.2) is 64.4 Å². The van der Waals surface area contributed by atoms with Gasteiger partial charge < -0.3 is 4.90 Å². The van der Waals surface area contributed by atoms with Gasteiger partial charge >= 0.3 is 0 Å². The van der Waals surface area contributed by atoms with Gasteiger partial charge in [0.1, 0.15) is 0 Å². The van der Waals surface area contributed by atoms with E-state index in [1.165, 1.54) is 22.5 Å². The molecule has 0 aliphatic carbocycles. The van der Waals surface area contributed by atoms with Gasteiger partial charge in [-0.2, -0.15) is 9.40 Å². The zero-order valence-corrected chi connectivity index (χ0v) is 17.9. The molecule has 2 aromatic carbocycles. The van der Waals surface area contributed by atoms with Crippen LogP contribution in [-0.2, 0) is 21.2 Å². The molecule has 32 heavy (non-hydrogen) atoms. The highest BCUT2D eigenvalue weighted by Gasteiger charge is 2.31. The predicted octanol–water partition coefficient (Wildman–Crippen LogP) is 1.86. The first kappa shape index (κ1) is 21.7. The highest BCUT2D eigenvalue weighted by Crippen LogP contribution is 2.22. The molecule has 0 spiro atoms. The summed E-state index contributed by atoms with van der Waals surface area (Å²) in [7, 11) is -3.88. The van der Waals surface area contributed by atoms with Crippen LogP contribution in [0.15, 0.2) is 71.9 Å². The van der Waals surface area contributed by atoms with E-state index in [1.54, 1.807) is 22.0 Å². The first-order chi connectivity index (χ1) is 15.3. The molecule has 10 nitrogen and oxygen atoms in total. The van der Waals surface area contributed by atoms with Crippen LogP contribution < -0.4 is 0 Å². The largest absolute Gasteiger partial charge is 0.340 e. The van der Waals surface area contributed by atoms with Gasteiger partial charge in [0.25, 0.3) is 5.69 Å². The number of piperazine rings is 1. The third-order valence-electron chi connectivity index (χ3n) is 5.27. The molecule has 0 unspecified atom stereocenters. The number of nitro benzene ring substituents is 1. The van der Waals surface area contributed by atoms with Crippen LogP contribution >= 0.6 is 0 Å². The average Bonchev–Trinajstić information content (AvgIpc) is 3.28. The third kappa shape index (κ3) is 4.53. The van der Waals surface area contributed by atoms with E-state index in [-0.39, 0.29) is 49.1 Å². The zero-order valence-electron chi connectivity index (χ0n) is 17.1. The lowest BCUT2D eigenvalue weighted by atomic mass is 10.2. The van der Waals surface area contributed by atoms with Crippen molar-refractivity contribution >= 4 is 21.6 Å². The molecule has 0 bridgehead atoms. The molecule has 11 heteroatoms. The minimum absolute atomic E-state index is 0.106. The summed E-state index contributed by atoms with van der Waals surface area (Å²) in [5.74, 6) is -0.106. The highest BCUT2D eigenvalue weighted by molar-refractivity contribution is 7.89. The summed E-state index contributed by atoms with van der Waals surface area (Å²) in [6.07, 6.45) is 3.62. The number of carbonyl (C=O) groups excluding carboxylic acids is 1. The number of hydrogen-bond acceptors (Lipinski definition) is 6. The summed E-state index contributed by atoms with van der Waals surface area (Å²) in [4.78, 5) is 24.5. The van der Waals surface area contributed by atoms with E-state index >= 15 is 0 Å². The van der Waals surface area contributed by atoms with Gasteiger partial charge in [0.15, 0.2) is 0 Å². The highest BCUT2D eigenvalue weighted by atomic mass is 32.2. The lowest BCUT2D eigenvalue weighted by Gasteiger charge is -2.34. The van der Waals surface area contributed by atoms with Crippen LogP contribution in [0, 0.1) is 10.1 Å². The SMILES string of the molecule is O=C(Cc1cnn(-c2ccccc2)c1)N1CCN(S(=O)(=O)c2cccc([N+](=O)[O-])c2)CC1. The lowest BCUT2D eigenvalue weighted by Crippen LogP contribution is -2.50. The fourth-order valence-corrected chi connectivity index (χ4v) is 5.01. The number of nitrogens with zero attached hydrogens (tertiary/aromatic N) is 5. The third-order valence-corrected chi connectivity index (χ3v) is 7.16. The van der Waals surface area contributed by atoms with E-state index in [1.807, 2.05) is 30.3 Å². The first-order valence-electron chi connectivity index (χ1n) is 9.96. The van der Waals surface area contributed by atoms with Crippen molar-refractivity contribution in [1.29, 1.82) is 0 Å². The molecule has 1 aliphatic rings. The van der Waals surface area contributed by atoms with Gasteiger partial charge in [-0.15, -0.1) is 0 Å². The first-order valence-corrected chi connectivity index (χ1v) is 11.4. The second-order valence-corrected chi connectivity index (χ2v) is 9.28. The molecule has 3 aromatic rings. The molecule has 4 rings (SSSR count). The smallest absolute Gasteiger partial charge is 0.270 e. The minimum atomic E-state index is -3.88. The van der Waals surface area contributed by atoms with E-state index in [0.29, 0.717) is 0 Å². The van der Waals surface area contributed by atoms with Gasteiger partial charge in [-0.3, -0.25) is 14.9 Å². The van der Waals surface area contributed by atoms with Gasteiger partial charge in [-0.05, 0) is 23.8 Å². The number of amides is 1. The zero-order chi connectivity index (χ0) is 22.7. The molecule has 0 atom stereocenters. The van der Waals surface area contributed by atoms with Gasteiger partial charge in [0.2, 0.25) is 15.9 Å². The van der Waals surface area contributed by atoms with Crippen molar-refractivity contribution in [2.45, 2.75) is 11.3 Å². The summed E-state index contributed by atoms with van der Waals surface area (Å²) in [5.41, 5.74) is 1.38. The maximum absolute atomic E-state index is 12.9. The van der Waals surface area contributed by atoms with Crippen LogP contribution in [0.25, 0.3) is 5.69 Å². The molecule has 0 saturated carbocycles. The Balaban J connectivity index is 1.37. The molecule has 0 radical (unpaired) electrons. The standard InChI is InChI=1S/C21H21N5O5S/c27-21(13-17-15-22-25(16-17)18-5-2-1-3-6-18)23-9-11-24(12-10-23)32(30,31)20-8-4-7-19(14-20)26(28)29/h1-8,14-16H,9-13H2. The molecule has 1 aliphatic heterocycles. The van der Waals surface area contributed by atoms with Crippen molar-refractivity contribution in [3.8, 4) is 5.69 Å². The van der Waals surface area contributed by atoms with Crippen LogP contribution in [0.4, 0.5) is 5.69 Å². The average molecular weight is 455 g/mol. The van der Waals surface area contributed by atoms with E-state index in [4.69, 9.17) is 0 Å². The molecule has 1 amide bonds. The van der Waals surface area contributed by atoms with Crippen LogP contribution in [0.3, 0.4) is 0 Å². The fourth-order valence-electron chi connectivity index (χ4n) is 3.54. The number of sulfonamides is 1. The van der Waals surface area contributed by atoms with E-state index in [9.17, 15) is 23.3 Å². The van der Waals surface area contributed by atoms with Crippen molar-refractivity contribution in [2.75, 3.05) is 26.2 Å². The molecular weight excluding hydrogens is 434 g/mol. The van der Waals surface area contributed by atoms with Crippen molar-refractivity contribution in [2.24, 2.45) is 0 Å². The number of carbonyl (C=O) groups is 1. The quantitative estimate of drug-likeness (QED) is 0.413. The normalized spacial score (nSPS) is 14.9. The van der Waals surface area contributed by atoms with Gasteiger partial charge in [-0.25, -0.2) is 13.1 Å². The number of benzene rings is 2. The summed E-state index contributed by atoms with van der Waals surface area (Å²) in [5, 5.41) is 15.2. The van der Waals surface area contributed by atoms with Crippen molar-refractivity contribution in [3.63, 3.8) is 0 Å². The van der Waals surface area contributed by atoms with Crippen LogP contribution in [0.1, 0.15) is 5.56 Å². The minimum Gasteiger partial charge on any atom is -0.340 e. The van der Waals surface area contributed by atoms with Crippen molar-refractivity contribution in [1.82, 2.24) is 19.0 Å². The van der Waals surface area contributed by atoms with E-state index < -0.39 is 14.9 Å². The Hall–Kier alpha value is -3.57. The second-order valence-electron chi connectivity index (χ2n) is 7.34. The molecule has 2 heterocycles. The fraction of sp³-hybridized carbons (Fsp3) is 0.238. The predicted molar refractivity (Wildman–Crippen MR) is 116 cm³/mol. The Bertz CT molecular complexity index is 1230. The molecule has 1 aromatic heterocycles. The Labute approximate surface area is 184 Å². The Morgan fingerprint density at radius 2 is 1.75 bits per heavy atom. The van der Waals surface area contributed by atoms with Crippen molar-refractivity contribution < 1.29 is 18.1 Å². The van der Waals surface area contributed by atoms with E-state index in [2.05, 4.69) is 5.10 Å². The maximum Gasteiger partial charge on any atom is 0.270 e. The molecule has 1 saturated heterocycles. The summed E-state index contributed by atoms with van der Waals surface area (Å²) < 4.78 is 28.7. The van der Waals surface area contributed by atoms with Gasteiger partial charge in [-0.1, -0.05) is 24.3 Å². The number of para-hydroxylation sites is 1. The summed E-state index contributed by atoms with van der Waals surface area (Å²) in [6, 6.07) is 14.5. The number of rotatable bonds is 6. The topological polar surface area (TPSA) is 119 Å².